The fourth-order valence-corrected chi connectivity index (χ4v) is 3.30. The zero-order valence-corrected chi connectivity index (χ0v) is 19.3. The van der Waals surface area contributed by atoms with Crippen LogP contribution in [0.25, 0.3) is 34.2 Å². The molecular weight excluding hydrogens is 430 g/mol. The molecule has 0 unspecified atom stereocenters. The van der Waals surface area contributed by atoms with Crippen molar-refractivity contribution in [1.29, 1.82) is 0 Å². The van der Waals surface area contributed by atoms with Crippen molar-refractivity contribution in [3.8, 4) is 45.7 Å². The van der Waals surface area contributed by atoms with Gasteiger partial charge in [0.15, 0.2) is 24.1 Å². The highest BCUT2D eigenvalue weighted by Gasteiger charge is 2.16. The molecule has 0 radical (unpaired) electrons. The van der Waals surface area contributed by atoms with Crippen molar-refractivity contribution in [3.05, 3.63) is 77.9 Å². The summed E-state index contributed by atoms with van der Waals surface area (Å²) in [5, 5.41) is 10.7. The third kappa shape index (κ3) is 5.38. The number of nitrogens with zero attached hydrogens (tertiary/aromatic N) is 3. The number of aromatic nitrogens is 3. The van der Waals surface area contributed by atoms with Crippen molar-refractivity contribution in [2.45, 2.75) is 20.8 Å². The monoisotopic (exact) mass is 455 g/mol. The lowest BCUT2D eigenvalue weighted by atomic mass is 10.1. The number of ether oxygens (including phenoxy) is 2. The molecule has 0 aliphatic heterocycles. The summed E-state index contributed by atoms with van der Waals surface area (Å²) < 4.78 is 10.3. The minimum atomic E-state index is -0.478. The molecule has 7 nitrogen and oxygen atoms in total. The lowest BCUT2D eigenvalue weighted by Crippen LogP contribution is -2.14. The second-order valence-corrected chi connectivity index (χ2v) is 7.81. The molecule has 1 N–H and O–H groups in total. The highest BCUT2D eigenvalue weighted by Crippen LogP contribution is 2.32. The number of carbonyl (C=O) groups is 1. The molecule has 0 saturated carbocycles. The van der Waals surface area contributed by atoms with E-state index in [4.69, 9.17) is 14.5 Å². The number of esters is 1. The van der Waals surface area contributed by atoms with Crippen molar-refractivity contribution in [2.75, 3.05) is 13.2 Å². The predicted octanol–water partition coefficient (Wildman–Crippen LogP) is 5.14. The van der Waals surface area contributed by atoms with Crippen LogP contribution in [0.3, 0.4) is 0 Å². The Labute approximate surface area is 198 Å². The molecule has 34 heavy (non-hydrogen) atoms. The fraction of sp³-hybridized carbons (Fsp3) is 0.185. The Morgan fingerprint density at radius 2 is 1.32 bits per heavy atom. The maximum Gasteiger partial charge on any atom is 0.344 e. The third-order valence-electron chi connectivity index (χ3n) is 5.13. The van der Waals surface area contributed by atoms with Crippen LogP contribution in [0.2, 0.25) is 0 Å². The van der Waals surface area contributed by atoms with E-state index in [1.807, 2.05) is 62.4 Å². The zero-order valence-electron chi connectivity index (χ0n) is 19.3. The van der Waals surface area contributed by atoms with Crippen LogP contribution < -0.4 is 4.74 Å². The van der Waals surface area contributed by atoms with Gasteiger partial charge < -0.3 is 14.6 Å². The Kier molecular flexibility index (Phi) is 6.82. The Bertz CT molecular complexity index is 1240. The van der Waals surface area contributed by atoms with E-state index in [0.717, 1.165) is 22.3 Å². The van der Waals surface area contributed by atoms with Crippen molar-refractivity contribution in [1.82, 2.24) is 15.0 Å². The third-order valence-corrected chi connectivity index (χ3v) is 5.13. The van der Waals surface area contributed by atoms with Gasteiger partial charge >= 0.3 is 5.97 Å². The number of aromatic hydroxyl groups is 1. The van der Waals surface area contributed by atoms with E-state index in [0.29, 0.717) is 28.8 Å². The molecular formula is C27H25N3O4. The summed E-state index contributed by atoms with van der Waals surface area (Å²) in [6, 6.07) is 20.6. The van der Waals surface area contributed by atoms with Gasteiger partial charge in [-0.2, -0.15) is 0 Å². The normalized spacial score (nSPS) is 10.7. The first-order valence-electron chi connectivity index (χ1n) is 10.9. The summed E-state index contributed by atoms with van der Waals surface area (Å²) in [4.78, 5) is 25.5. The average molecular weight is 456 g/mol. The van der Waals surface area contributed by atoms with Gasteiger partial charge in [0, 0.05) is 17.2 Å². The van der Waals surface area contributed by atoms with Crippen LogP contribution in [0.4, 0.5) is 0 Å². The van der Waals surface area contributed by atoms with Gasteiger partial charge in [0.2, 0.25) is 0 Å². The van der Waals surface area contributed by atoms with Crippen molar-refractivity contribution < 1.29 is 19.4 Å². The zero-order chi connectivity index (χ0) is 24.1. The summed E-state index contributed by atoms with van der Waals surface area (Å²) in [7, 11) is 0. The topological polar surface area (TPSA) is 94.4 Å². The summed E-state index contributed by atoms with van der Waals surface area (Å²) in [5.74, 6) is 1.12. The first-order valence-corrected chi connectivity index (χ1v) is 10.9. The van der Waals surface area contributed by atoms with Crippen LogP contribution in [0.1, 0.15) is 18.1 Å². The number of phenols is 1. The van der Waals surface area contributed by atoms with E-state index in [1.54, 1.807) is 19.1 Å². The molecule has 4 rings (SSSR count). The number of hydrogen-bond acceptors (Lipinski definition) is 7. The lowest BCUT2D eigenvalue weighted by molar-refractivity contribution is -0.145. The molecule has 0 atom stereocenters. The van der Waals surface area contributed by atoms with E-state index in [9.17, 15) is 9.90 Å². The molecule has 0 amide bonds. The number of aryl methyl sites for hydroxylation is 2. The van der Waals surface area contributed by atoms with E-state index in [2.05, 4.69) is 9.97 Å². The van der Waals surface area contributed by atoms with E-state index >= 15 is 0 Å². The Hall–Kier alpha value is -4.26. The van der Waals surface area contributed by atoms with Gasteiger partial charge in [-0.3, -0.25) is 0 Å². The lowest BCUT2D eigenvalue weighted by Gasteiger charge is -2.11. The molecule has 0 aliphatic carbocycles. The van der Waals surface area contributed by atoms with Gasteiger partial charge in [-0.15, -0.1) is 0 Å². The van der Waals surface area contributed by atoms with Crippen LogP contribution >= 0.6 is 0 Å². The highest BCUT2D eigenvalue weighted by molar-refractivity contribution is 5.72. The van der Waals surface area contributed by atoms with Gasteiger partial charge in [-0.05, 0) is 32.9 Å². The van der Waals surface area contributed by atoms with Crippen LogP contribution in [0.15, 0.2) is 66.7 Å². The largest absolute Gasteiger partial charge is 0.507 e. The van der Waals surface area contributed by atoms with E-state index in [1.165, 1.54) is 6.07 Å². The predicted molar refractivity (Wildman–Crippen MR) is 129 cm³/mol. The van der Waals surface area contributed by atoms with E-state index < -0.39 is 5.97 Å². The van der Waals surface area contributed by atoms with Gasteiger partial charge in [-0.1, -0.05) is 59.7 Å². The minimum Gasteiger partial charge on any atom is -0.507 e. The average Bonchev–Trinajstić information content (AvgIpc) is 2.83. The summed E-state index contributed by atoms with van der Waals surface area (Å²) in [6.07, 6.45) is 0. The van der Waals surface area contributed by atoms with Crippen LogP contribution in [-0.4, -0.2) is 39.2 Å². The summed E-state index contributed by atoms with van der Waals surface area (Å²) in [5.41, 5.74) is 4.38. The summed E-state index contributed by atoms with van der Waals surface area (Å²) in [6.45, 7) is 5.79. The Balaban J connectivity index is 1.73. The molecule has 0 aliphatic rings. The SMILES string of the molecule is CCOC(=O)COc1ccc(-c2nc(-c3ccc(C)cc3)nc(-c3ccc(C)cc3)n2)c(O)c1. The Morgan fingerprint density at radius 3 is 1.82 bits per heavy atom. The van der Waals surface area contributed by atoms with Gasteiger partial charge in [0.1, 0.15) is 11.5 Å². The molecule has 0 bridgehead atoms. The molecule has 0 spiro atoms. The Morgan fingerprint density at radius 1 is 0.794 bits per heavy atom. The first kappa shape index (κ1) is 22.9. The molecule has 172 valence electrons. The second kappa shape index (κ2) is 10.1. The highest BCUT2D eigenvalue weighted by atomic mass is 16.6. The van der Waals surface area contributed by atoms with Gasteiger partial charge in [0.05, 0.1) is 12.2 Å². The van der Waals surface area contributed by atoms with Crippen LogP contribution in [0, 0.1) is 13.8 Å². The van der Waals surface area contributed by atoms with Crippen molar-refractivity contribution in [2.24, 2.45) is 0 Å². The number of carbonyl (C=O) groups excluding carboxylic acids is 1. The molecule has 1 aromatic heterocycles. The maximum absolute atomic E-state index is 11.5. The number of benzene rings is 3. The second-order valence-electron chi connectivity index (χ2n) is 7.81. The standard InChI is InChI=1S/C27H25N3O4/c1-4-33-24(32)16-34-21-13-14-22(23(31)15-21)27-29-25(19-9-5-17(2)6-10-19)28-26(30-27)20-11-7-18(3)8-12-20/h5-15,31H,4,16H2,1-3H3. The molecule has 1 heterocycles. The smallest absolute Gasteiger partial charge is 0.344 e. The summed E-state index contributed by atoms with van der Waals surface area (Å²) >= 11 is 0. The number of hydrogen-bond donors (Lipinski definition) is 1. The van der Waals surface area contributed by atoms with Gasteiger partial charge in [0.25, 0.3) is 0 Å². The fourth-order valence-electron chi connectivity index (χ4n) is 3.30. The molecule has 0 saturated heterocycles. The molecule has 4 aromatic rings. The number of rotatable bonds is 7. The van der Waals surface area contributed by atoms with Crippen LogP contribution in [0.5, 0.6) is 11.5 Å². The minimum absolute atomic E-state index is 0.0720. The van der Waals surface area contributed by atoms with Crippen molar-refractivity contribution in [3.63, 3.8) is 0 Å². The van der Waals surface area contributed by atoms with Crippen LogP contribution in [-0.2, 0) is 9.53 Å². The van der Waals surface area contributed by atoms with Gasteiger partial charge in [-0.25, -0.2) is 19.7 Å². The van der Waals surface area contributed by atoms with Crippen molar-refractivity contribution >= 4 is 5.97 Å². The maximum atomic E-state index is 11.5. The quantitative estimate of drug-likeness (QED) is 0.386. The molecule has 3 aromatic carbocycles. The van der Waals surface area contributed by atoms with E-state index in [-0.39, 0.29) is 19.0 Å². The number of phenolic OH excluding ortho intramolecular Hbond substituents is 1. The molecule has 0 fully saturated rings. The molecule has 7 heteroatoms. The first-order chi connectivity index (χ1) is 16.4.